The number of carboxylic acids is 1. The van der Waals surface area contributed by atoms with Gasteiger partial charge in [0, 0.05) is 11.6 Å². The molecule has 18 heavy (non-hydrogen) atoms. The Morgan fingerprint density at radius 1 is 1.50 bits per heavy atom. The van der Waals surface area contributed by atoms with E-state index in [4.69, 9.17) is 5.11 Å². The van der Waals surface area contributed by atoms with E-state index in [-0.39, 0.29) is 12.3 Å². The van der Waals surface area contributed by atoms with Gasteiger partial charge in [-0.2, -0.15) is 0 Å². The van der Waals surface area contributed by atoms with E-state index in [0.29, 0.717) is 5.56 Å². The third-order valence-electron chi connectivity index (χ3n) is 2.54. The Morgan fingerprint density at radius 3 is 3.00 bits per heavy atom. The molecule has 6 heteroatoms. The molecular formula is C12H13N3O3. The topological polar surface area (TPSA) is 95.1 Å². The Morgan fingerprint density at radius 2 is 2.28 bits per heavy atom. The first-order valence-corrected chi connectivity index (χ1v) is 5.52. The highest BCUT2D eigenvalue weighted by molar-refractivity contribution is 5.97. The number of carboxylic acid groups (broad SMARTS) is 1. The van der Waals surface area contributed by atoms with Crippen molar-refractivity contribution in [2.45, 2.75) is 19.4 Å². The molecule has 0 spiro atoms. The summed E-state index contributed by atoms with van der Waals surface area (Å²) in [7, 11) is 0. The minimum absolute atomic E-state index is 0.0992. The van der Waals surface area contributed by atoms with Crippen LogP contribution in [0, 0.1) is 0 Å². The first kappa shape index (κ1) is 12.1. The van der Waals surface area contributed by atoms with Crippen LogP contribution < -0.4 is 5.32 Å². The Bertz CT molecular complexity index is 591. The van der Waals surface area contributed by atoms with Crippen molar-refractivity contribution in [3.8, 4) is 0 Å². The van der Waals surface area contributed by atoms with Crippen molar-refractivity contribution >= 4 is 22.9 Å². The number of aromatic amines is 1. The number of hydrogen-bond donors (Lipinski definition) is 3. The number of H-pyrrole nitrogens is 1. The van der Waals surface area contributed by atoms with Crippen LogP contribution in [0.25, 0.3) is 11.0 Å². The van der Waals surface area contributed by atoms with E-state index in [9.17, 15) is 9.59 Å². The molecule has 0 saturated heterocycles. The Labute approximate surface area is 103 Å². The van der Waals surface area contributed by atoms with Gasteiger partial charge >= 0.3 is 5.97 Å². The molecule has 1 amide bonds. The monoisotopic (exact) mass is 247 g/mol. The van der Waals surface area contributed by atoms with E-state index in [0.717, 1.165) is 11.0 Å². The standard InChI is InChI=1S/C12H13N3O3/c1-7(4-11(16)17)15-12(18)8-2-3-9-10(5-8)14-6-13-9/h2-3,5-7H,4H2,1H3,(H,13,14)(H,15,18)(H,16,17). The average molecular weight is 247 g/mol. The van der Waals surface area contributed by atoms with E-state index in [1.54, 1.807) is 31.5 Å². The van der Waals surface area contributed by atoms with E-state index in [1.807, 2.05) is 0 Å². The summed E-state index contributed by atoms with van der Waals surface area (Å²) in [4.78, 5) is 29.3. The second-order valence-corrected chi connectivity index (χ2v) is 4.11. The molecular weight excluding hydrogens is 234 g/mol. The lowest BCUT2D eigenvalue weighted by atomic mass is 10.1. The van der Waals surface area contributed by atoms with Gasteiger partial charge in [0.2, 0.25) is 0 Å². The highest BCUT2D eigenvalue weighted by Crippen LogP contribution is 2.11. The summed E-state index contributed by atoms with van der Waals surface area (Å²) >= 11 is 0. The first-order chi connectivity index (χ1) is 8.56. The fraction of sp³-hybridized carbons (Fsp3) is 0.250. The number of rotatable bonds is 4. The summed E-state index contributed by atoms with van der Waals surface area (Å²) in [6, 6.07) is 4.67. The number of fused-ring (bicyclic) bond motifs is 1. The largest absolute Gasteiger partial charge is 0.481 e. The summed E-state index contributed by atoms with van der Waals surface area (Å²) in [5.41, 5.74) is 2.03. The summed E-state index contributed by atoms with van der Waals surface area (Å²) in [5, 5.41) is 11.2. The summed E-state index contributed by atoms with van der Waals surface area (Å²) in [6.45, 7) is 1.65. The number of carbonyl (C=O) groups is 2. The molecule has 2 rings (SSSR count). The van der Waals surface area contributed by atoms with Crippen molar-refractivity contribution in [2.75, 3.05) is 0 Å². The molecule has 0 radical (unpaired) electrons. The highest BCUT2D eigenvalue weighted by atomic mass is 16.4. The molecule has 0 saturated carbocycles. The van der Waals surface area contributed by atoms with Crippen molar-refractivity contribution in [2.24, 2.45) is 0 Å². The Hall–Kier alpha value is -2.37. The zero-order valence-corrected chi connectivity index (χ0v) is 9.80. The molecule has 1 heterocycles. The van der Waals surface area contributed by atoms with Crippen LogP contribution in [-0.2, 0) is 4.79 Å². The van der Waals surface area contributed by atoms with Crippen LogP contribution in [0.4, 0.5) is 0 Å². The molecule has 1 atom stereocenters. The first-order valence-electron chi connectivity index (χ1n) is 5.52. The average Bonchev–Trinajstić information content (AvgIpc) is 2.74. The number of benzene rings is 1. The smallest absolute Gasteiger partial charge is 0.305 e. The fourth-order valence-electron chi connectivity index (χ4n) is 1.70. The normalized spacial score (nSPS) is 12.3. The predicted molar refractivity (Wildman–Crippen MR) is 65.3 cm³/mol. The number of amides is 1. The number of hydrogen-bond acceptors (Lipinski definition) is 3. The van der Waals surface area contributed by atoms with Crippen molar-refractivity contribution in [1.82, 2.24) is 15.3 Å². The van der Waals surface area contributed by atoms with Crippen molar-refractivity contribution in [3.05, 3.63) is 30.1 Å². The van der Waals surface area contributed by atoms with Crippen LogP contribution in [0.2, 0.25) is 0 Å². The number of aliphatic carboxylic acids is 1. The molecule has 94 valence electrons. The second-order valence-electron chi connectivity index (χ2n) is 4.11. The van der Waals surface area contributed by atoms with Gasteiger partial charge in [-0.3, -0.25) is 9.59 Å². The van der Waals surface area contributed by atoms with Gasteiger partial charge in [-0.1, -0.05) is 0 Å². The predicted octanol–water partition coefficient (Wildman–Crippen LogP) is 1.16. The van der Waals surface area contributed by atoms with Gasteiger partial charge in [-0.25, -0.2) is 4.98 Å². The lowest BCUT2D eigenvalue weighted by Crippen LogP contribution is -2.34. The number of nitrogens with zero attached hydrogens (tertiary/aromatic N) is 1. The number of carbonyl (C=O) groups excluding carboxylic acids is 1. The van der Waals surface area contributed by atoms with Crippen LogP contribution in [0.3, 0.4) is 0 Å². The summed E-state index contributed by atoms with van der Waals surface area (Å²) in [6.07, 6.45) is 1.46. The summed E-state index contributed by atoms with van der Waals surface area (Å²) in [5.74, 6) is -1.23. The van der Waals surface area contributed by atoms with E-state index < -0.39 is 12.0 Å². The highest BCUT2D eigenvalue weighted by Gasteiger charge is 2.13. The van der Waals surface area contributed by atoms with Gasteiger partial charge in [0.15, 0.2) is 0 Å². The third-order valence-corrected chi connectivity index (χ3v) is 2.54. The quantitative estimate of drug-likeness (QED) is 0.755. The van der Waals surface area contributed by atoms with Gasteiger partial charge in [0.25, 0.3) is 5.91 Å². The van der Waals surface area contributed by atoms with Gasteiger partial charge in [0.05, 0.1) is 23.8 Å². The van der Waals surface area contributed by atoms with Gasteiger partial charge in [-0.05, 0) is 25.1 Å². The maximum atomic E-state index is 11.9. The fourth-order valence-corrected chi connectivity index (χ4v) is 1.70. The van der Waals surface area contributed by atoms with Crippen LogP contribution in [-0.4, -0.2) is 33.0 Å². The number of aromatic nitrogens is 2. The van der Waals surface area contributed by atoms with Gasteiger partial charge < -0.3 is 15.4 Å². The zero-order chi connectivity index (χ0) is 13.1. The van der Waals surface area contributed by atoms with E-state index in [2.05, 4.69) is 15.3 Å². The van der Waals surface area contributed by atoms with Crippen molar-refractivity contribution < 1.29 is 14.7 Å². The van der Waals surface area contributed by atoms with Crippen molar-refractivity contribution in [3.63, 3.8) is 0 Å². The van der Waals surface area contributed by atoms with E-state index in [1.165, 1.54) is 0 Å². The molecule has 0 aliphatic rings. The lowest BCUT2D eigenvalue weighted by molar-refractivity contribution is -0.137. The van der Waals surface area contributed by atoms with Gasteiger partial charge in [0.1, 0.15) is 0 Å². The maximum absolute atomic E-state index is 11.9. The van der Waals surface area contributed by atoms with Crippen LogP contribution >= 0.6 is 0 Å². The molecule has 3 N–H and O–H groups in total. The molecule has 2 aromatic rings. The number of imidazole rings is 1. The molecule has 0 aliphatic heterocycles. The third kappa shape index (κ3) is 2.65. The minimum Gasteiger partial charge on any atom is -0.481 e. The van der Waals surface area contributed by atoms with E-state index >= 15 is 0 Å². The molecule has 6 nitrogen and oxygen atoms in total. The molecule has 0 aliphatic carbocycles. The maximum Gasteiger partial charge on any atom is 0.305 e. The van der Waals surface area contributed by atoms with Gasteiger partial charge in [-0.15, -0.1) is 0 Å². The molecule has 0 bridgehead atoms. The Balaban J connectivity index is 2.10. The minimum atomic E-state index is -0.938. The van der Waals surface area contributed by atoms with Crippen LogP contribution in [0.15, 0.2) is 24.5 Å². The van der Waals surface area contributed by atoms with Crippen LogP contribution in [0.5, 0.6) is 0 Å². The molecule has 1 aromatic heterocycles. The number of nitrogens with one attached hydrogen (secondary N) is 2. The Kier molecular flexibility index (Phi) is 3.27. The SMILES string of the molecule is CC(CC(=O)O)NC(=O)c1ccc2nc[nH]c2c1. The molecule has 0 fully saturated rings. The second kappa shape index (κ2) is 4.87. The molecule has 1 unspecified atom stereocenters. The van der Waals surface area contributed by atoms with Crippen molar-refractivity contribution in [1.29, 1.82) is 0 Å². The lowest BCUT2D eigenvalue weighted by Gasteiger charge is -2.11. The van der Waals surface area contributed by atoms with Crippen LogP contribution in [0.1, 0.15) is 23.7 Å². The summed E-state index contributed by atoms with van der Waals surface area (Å²) < 4.78 is 0. The molecule has 1 aromatic carbocycles. The zero-order valence-electron chi connectivity index (χ0n) is 9.80.